The summed E-state index contributed by atoms with van der Waals surface area (Å²) in [5, 5.41) is 11.8. The third-order valence-corrected chi connectivity index (χ3v) is 4.46. The minimum absolute atomic E-state index is 0. The molecule has 0 unspecified atom stereocenters. The largest absolute Gasteiger partial charge is 1.00 e. The van der Waals surface area contributed by atoms with Gasteiger partial charge < -0.3 is 27.0 Å². The third-order valence-electron chi connectivity index (χ3n) is 4.46. The molecular formula is C18H14ClNO3. The molecule has 2 aliphatic heterocycles. The number of halogens is 1. The molecule has 0 saturated heterocycles. The van der Waals surface area contributed by atoms with Crippen molar-refractivity contribution in [2.45, 2.75) is 13.0 Å². The summed E-state index contributed by atoms with van der Waals surface area (Å²) >= 11 is 0. The van der Waals surface area contributed by atoms with Crippen LogP contribution in [0.25, 0.3) is 22.0 Å². The summed E-state index contributed by atoms with van der Waals surface area (Å²) in [5.74, 6) is 1.96. The Labute approximate surface area is 139 Å². The molecule has 5 rings (SSSR count). The van der Waals surface area contributed by atoms with Gasteiger partial charge in [0, 0.05) is 17.9 Å². The number of phenols is 1. The van der Waals surface area contributed by atoms with Crippen molar-refractivity contribution in [3.8, 4) is 28.5 Å². The lowest BCUT2D eigenvalue weighted by Crippen LogP contribution is -3.00. The maximum Gasteiger partial charge on any atom is 0.231 e. The summed E-state index contributed by atoms with van der Waals surface area (Å²) in [6.45, 7) is 1.22. The standard InChI is InChI=1S/C18H13NO3.ClH/c20-14-2-1-11-6-16-15-8-18-17(21-10-22-18)7-12(15)3-4-19(16)9-13(11)5-14;/h1-2,5-9H,3-4,10H2;1H. The van der Waals surface area contributed by atoms with Crippen LogP contribution >= 0.6 is 0 Å². The van der Waals surface area contributed by atoms with E-state index in [0.717, 1.165) is 35.2 Å². The van der Waals surface area contributed by atoms with Gasteiger partial charge in [-0.1, -0.05) is 6.07 Å². The lowest BCUT2D eigenvalue weighted by molar-refractivity contribution is -0.686. The van der Waals surface area contributed by atoms with Gasteiger partial charge in [0.1, 0.15) is 5.75 Å². The third kappa shape index (κ3) is 2.10. The SMILES string of the molecule is Oc1ccc2cc3[n+](cc2c1)CCc1cc2c(cc1-3)OCO2.[Cl-]. The number of aromatic nitrogens is 1. The highest BCUT2D eigenvalue weighted by molar-refractivity contribution is 5.85. The molecule has 0 saturated carbocycles. The summed E-state index contributed by atoms with van der Waals surface area (Å²) < 4.78 is 13.2. The first-order chi connectivity index (χ1) is 10.8. The zero-order valence-electron chi connectivity index (χ0n) is 12.3. The van der Waals surface area contributed by atoms with Crippen molar-refractivity contribution >= 4 is 10.8 Å². The van der Waals surface area contributed by atoms with Crippen molar-refractivity contribution in [1.82, 2.24) is 0 Å². The molecule has 2 aliphatic rings. The van der Waals surface area contributed by atoms with Crippen LogP contribution in [0, 0.1) is 0 Å². The van der Waals surface area contributed by atoms with Crippen LogP contribution in [0.5, 0.6) is 17.2 Å². The molecule has 0 aliphatic carbocycles. The first kappa shape index (κ1) is 14.2. The molecule has 0 radical (unpaired) electrons. The van der Waals surface area contributed by atoms with Gasteiger partial charge in [-0.2, -0.15) is 4.57 Å². The van der Waals surface area contributed by atoms with Gasteiger partial charge in [-0.3, -0.25) is 0 Å². The fraction of sp³-hybridized carbons (Fsp3) is 0.167. The normalized spacial score (nSPS) is 14.1. The summed E-state index contributed by atoms with van der Waals surface area (Å²) in [6.07, 6.45) is 3.08. The topological polar surface area (TPSA) is 42.6 Å². The summed E-state index contributed by atoms with van der Waals surface area (Å²) in [7, 11) is 0. The molecule has 2 aromatic carbocycles. The van der Waals surface area contributed by atoms with Crippen LogP contribution in [-0.4, -0.2) is 11.9 Å². The van der Waals surface area contributed by atoms with Crippen molar-refractivity contribution in [2.75, 3.05) is 6.79 Å². The number of ether oxygens (including phenoxy) is 2. The van der Waals surface area contributed by atoms with E-state index in [1.807, 2.05) is 6.07 Å². The van der Waals surface area contributed by atoms with Crippen LogP contribution in [0.3, 0.4) is 0 Å². The zero-order valence-corrected chi connectivity index (χ0v) is 13.0. The van der Waals surface area contributed by atoms with Gasteiger partial charge in [0.2, 0.25) is 12.5 Å². The van der Waals surface area contributed by atoms with Gasteiger partial charge in [0.25, 0.3) is 0 Å². The summed E-state index contributed by atoms with van der Waals surface area (Å²) in [6, 6.07) is 11.8. The molecule has 3 aromatic rings. The minimum atomic E-state index is 0. The lowest BCUT2D eigenvalue weighted by Gasteiger charge is -2.16. The first-order valence-electron chi connectivity index (χ1n) is 7.37. The molecular weight excluding hydrogens is 314 g/mol. The van der Waals surface area contributed by atoms with Crippen LogP contribution < -0.4 is 26.4 Å². The Kier molecular flexibility index (Phi) is 3.10. The van der Waals surface area contributed by atoms with Crippen molar-refractivity contribution in [2.24, 2.45) is 0 Å². The average Bonchev–Trinajstić information content (AvgIpc) is 2.98. The zero-order chi connectivity index (χ0) is 14.7. The Balaban J connectivity index is 0.00000135. The van der Waals surface area contributed by atoms with Gasteiger partial charge in [-0.25, -0.2) is 0 Å². The summed E-state index contributed by atoms with van der Waals surface area (Å²) in [5.41, 5.74) is 3.67. The molecule has 116 valence electrons. The fourth-order valence-corrected chi connectivity index (χ4v) is 3.36. The highest BCUT2D eigenvalue weighted by Crippen LogP contribution is 2.39. The molecule has 23 heavy (non-hydrogen) atoms. The molecule has 4 nitrogen and oxygen atoms in total. The highest BCUT2D eigenvalue weighted by atomic mass is 35.5. The first-order valence-corrected chi connectivity index (χ1v) is 7.37. The van der Waals surface area contributed by atoms with Crippen molar-refractivity contribution in [3.63, 3.8) is 0 Å². The molecule has 5 heteroatoms. The second-order valence-corrected chi connectivity index (χ2v) is 5.78. The molecule has 1 N–H and O–H groups in total. The molecule has 3 heterocycles. The van der Waals surface area contributed by atoms with E-state index in [4.69, 9.17) is 9.47 Å². The Hall–Kier alpha value is -2.46. The molecule has 1 aromatic heterocycles. The Morgan fingerprint density at radius 1 is 0.957 bits per heavy atom. The van der Waals surface area contributed by atoms with E-state index < -0.39 is 0 Å². The van der Waals surface area contributed by atoms with E-state index in [0.29, 0.717) is 12.5 Å². The van der Waals surface area contributed by atoms with Crippen LogP contribution in [0.4, 0.5) is 0 Å². The fourth-order valence-electron chi connectivity index (χ4n) is 3.36. The average molecular weight is 328 g/mol. The van der Waals surface area contributed by atoms with Crippen LogP contribution in [0.1, 0.15) is 5.56 Å². The predicted octanol–water partition coefficient (Wildman–Crippen LogP) is -0.211. The van der Waals surface area contributed by atoms with Crippen molar-refractivity contribution < 1.29 is 31.6 Å². The van der Waals surface area contributed by atoms with Crippen LogP contribution in [-0.2, 0) is 13.0 Å². The van der Waals surface area contributed by atoms with Crippen molar-refractivity contribution in [3.05, 3.63) is 48.2 Å². The number of benzene rings is 2. The minimum Gasteiger partial charge on any atom is -1.00 e. The second-order valence-electron chi connectivity index (χ2n) is 5.78. The van der Waals surface area contributed by atoms with Crippen LogP contribution in [0.15, 0.2) is 42.6 Å². The Morgan fingerprint density at radius 2 is 1.78 bits per heavy atom. The smallest absolute Gasteiger partial charge is 0.231 e. The number of hydrogen-bond acceptors (Lipinski definition) is 3. The maximum atomic E-state index is 9.66. The van der Waals surface area contributed by atoms with E-state index in [-0.39, 0.29) is 12.4 Å². The highest BCUT2D eigenvalue weighted by Gasteiger charge is 2.27. The van der Waals surface area contributed by atoms with Gasteiger partial charge in [0.05, 0.1) is 5.56 Å². The van der Waals surface area contributed by atoms with Gasteiger partial charge >= 0.3 is 0 Å². The van der Waals surface area contributed by atoms with E-state index in [2.05, 4.69) is 29.0 Å². The molecule has 0 bridgehead atoms. The van der Waals surface area contributed by atoms with Crippen molar-refractivity contribution in [1.29, 1.82) is 0 Å². The number of nitrogens with zero attached hydrogens (tertiary/aromatic N) is 1. The number of pyridine rings is 1. The summed E-state index contributed by atoms with van der Waals surface area (Å²) in [4.78, 5) is 0. The van der Waals surface area contributed by atoms with Gasteiger partial charge in [-0.05, 0) is 35.2 Å². The van der Waals surface area contributed by atoms with Gasteiger partial charge in [0.15, 0.2) is 24.2 Å². The number of phenolic OH excluding ortho intramolecular Hbond substituents is 1. The number of fused-ring (bicyclic) bond motifs is 5. The van der Waals surface area contributed by atoms with E-state index in [9.17, 15) is 5.11 Å². The molecule has 0 atom stereocenters. The van der Waals surface area contributed by atoms with E-state index in [1.165, 1.54) is 16.8 Å². The number of aromatic hydroxyl groups is 1. The van der Waals surface area contributed by atoms with Crippen LogP contribution in [0.2, 0.25) is 0 Å². The van der Waals surface area contributed by atoms with Gasteiger partial charge in [-0.15, -0.1) is 0 Å². The maximum absolute atomic E-state index is 9.66. The number of aryl methyl sites for hydroxylation is 2. The monoisotopic (exact) mass is 327 g/mol. The second kappa shape index (κ2) is 5.03. The number of hydrogen-bond donors (Lipinski definition) is 1. The molecule has 0 spiro atoms. The lowest BCUT2D eigenvalue weighted by atomic mass is 9.95. The Bertz CT molecular complexity index is 939. The molecule has 0 amide bonds. The quantitative estimate of drug-likeness (QED) is 0.581. The molecule has 0 fully saturated rings. The Morgan fingerprint density at radius 3 is 2.65 bits per heavy atom. The van der Waals surface area contributed by atoms with E-state index >= 15 is 0 Å². The van der Waals surface area contributed by atoms with E-state index in [1.54, 1.807) is 12.1 Å². The number of rotatable bonds is 0. The predicted molar refractivity (Wildman–Crippen MR) is 81.1 cm³/mol.